The third-order valence-corrected chi connectivity index (χ3v) is 3.79. The molecule has 6 heteroatoms. The first-order chi connectivity index (χ1) is 9.13. The van der Waals surface area contributed by atoms with Gasteiger partial charge in [-0.15, -0.1) is 0 Å². The Balaban J connectivity index is 1.60. The molecule has 2 aromatic rings. The summed E-state index contributed by atoms with van der Waals surface area (Å²) in [4.78, 5) is 4.26. The van der Waals surface area contributed by atoms with Crippen molar-refractivity contribution in [3.63, 3.8) is 0 Å². The van der Waals surface area contributed by atoms with Gasteiger partial charge in [0.15, 0.2) is 6.10 Å². The van der Waals surface area contributed by atoms with Gasteiger partial charge >= 0.3 is 0 Å². The van der Waals surface area contributed by atoms with E-state index in [0.717, 1.165) is 10.3 Å². The molecule has 0 fully saturated rings. The lowest BCUT2D eigenvalue weighted by molar-refractivity contribution is 0.143. The molecule has 0 radical (unpaired) electrons. The van der Waals surface area contributed by atoms with E-state index in [1.807, 2.05) is 11.5 Å². The van der Waals surface area contributed by atoms with Crippen molar-refractivity contribution in [2.24, 2.45) is 0 Å². The van der Waals surface area contributed by atoms with Crippen LogP contribution in [0.2, 0.25) is 0 Å². The summed E-state index contributed by atoms with van der Waals surface area (Å²) in [7, 11) is 0. The molecule has 1 unspecified atom stereocenters. The van der Waals surface area contributed by atoms with Crippen LogP contribution in [0, 0.1) is 12.7 Å². The average Bonchev–Trinajstić information content (AvgIpc) is 2.90. The van der Waals surface area contributed by atoms with E-state index in [1.165, 1.54) is 12.1 Å². The van der Waals surface area contributed by atoms with E-state index in [0.29, 0.717) is 24.9 Å². The molecular formula is C13H12BrFN2O2. The molecule has 1 aromatic heterocycles. The summed E-state index contributed by atoms with van der Waals surface area (Å²) in [6.07, 6.45) is -0.0700. The predicted molar refractivity (Wildman–Crippen MR) is 71.0 cm³/mol. The molecule has 1 aliphatic rings. The summed E-state index contributed by atoms with van der Waals surface area (Å²) in [6, 6.07) is 6.56. The highest BCUT2D eigenvalue weighted by atomic mass is 79.9. The Bertz CT molecular complexity index is 597. The number of halogens is 2. The van der Waals surface area contributed by atoms with Gasteiger partial charge in [-0.05, 0) is 47.1 Å². The highest BCUT2D eigenvalue weighted by molar-refractivity contribution is 9.10. The van der Waals surface area contributed by atoms with Crippen LogP contribution in [-0.2, 0) is 6.54 Å². The number of aromatic nitrogens is 2. The van der Waals surface area contributed by atoms with Crippen LogP contribution >= 0.6 is 15.9 Å². The number of rotatable bonds is 3. The molecule has 0 bridgehead atoms. The maximum atomic E-state index is 12.8. The monoisotopic (exact) mass is 326 g/mol. The Morgan fingerprint density at radius 2 is 2.21 bits per heavy atom. The fraction of sp³-hybridized carbons (Fsp3) is 0.308. The Labute approximate surface area is 118 Å². The van der Waals surface area contributed by atoms with Crippen LogP contribution in [0.5, 0.6) is 11.8 Å². The summed E-state index contributed by atoms with van der Waals surface area (Å²) in [6.45, 7) is 3.10. The molecule has 100 valence electrons. The smallest absolute Gasteiger partial charge is 0.298 e. The van der Waals surface area contributed by atoms with Gasteiger partial charge in [-0.3, -0.25) is 4.57 Å². The lowest BCUT2D eigenvalue weighted by Gasteiger charge is -2.11. The lowest BCUT2D eigenvalue weighted by Crippen LogP contribution is -2.23. The highest BCUT2D eigenvalue weighted by Crippen LogP contribution is 2.28. The number of nitrogens with zero attached hydrogens (tertiary/aromatic N) is 2. The Kier molecular flexibility index (Phi) is 3.18. The van der Waals surface area contributed by atoms with E-state index < -0.39 is 0 Å². The average molecular weight is 327 g/mol. The second-order valence-corrected chi connectivity index (χ2v) is 5.14. The molecule has 0 amide bonds. The summed E-state index contributed by atoms with van der Waals surface area (Å²) in [5.74, 6) is 0.359. The fourth-order valence-corrected chi connectivity index (χ4v) is 2.35. The van der Waals surface area contributed by atoms with Crippen molar-refractivity contribution in [2.45, 2.75) is 19.6 Å². The molecule has 1 aromatic carbocycles. The van der Waals surface area contributed by atoms with Gasteiger partial charge in [0.2, 0.25) is 0 Å². The van der Waals surface area contributed by atoms with Crippen LogP contribution in [-0.4, -0.2) is 22.3 Å². The van der Waals surface area contributed by atoms with Gasteiger partial charge in [0.1, 0.15) is 22.8 Å². The zero-order chi connectivity index (χ0) is 13.4. The molecule has 2 heterocycles. The van der Waals surface area contributed by atoms with Crippen molar-refractivity contribution in [2.75, 3.05) is 6.61 Å². The van der Waals surface area contributed by atoms with Gasteiger partial charge in [0.25, 0.3) is 6.01 Å². The number of imidazole rings is 1. The zero-order valence-electron chi connectivity index (χ0n) is 10.3. The molecule has 0 saturated heterocycles. The Hall–Kier alpha value is -1.56. The number of hydrogen-bond donors (Lipinski definition) is 0. The summed E-state index contributed by atoms with van der Waals surface area (Å²) in [5.41, 5.74) is 1.04. The van der Waals surface area contributed by atoms with Gasteiger partial charge in [0, 0.05) is 0 Å². The topological polar surface area (TPSA) is 36.3 Å². The van der Waals surface area contributed by atoms with Crippen molar-refractivity contribution >= 4 is 15.9 Å². The predicted octanol–water partition coefficient (Wildman–Crippen LogP) is 2.93. The second-order valence-electron chi connectivity index (χ2n) is 4.39. The molecule has 3 rings (SSSR count). The van der Waals surface area contributed by atoms with Gasteiger partial charge < -0.3 is 9.47 Å². The van der Waals surface area contributed by atoms with Gasteiger partial charge in [0.05, 0.1) is 12.2 Å². The Morgan fingerprint density at radius 3 is 2.89 bits per heavy atom. The maximum absolute atomic E-state index is 12.8. The first kappa shape index (κ1) is 12.5. The van der Waals surface area contributed by atoms with E-state index in [2.05, 4.69) is 20.9 Å². The minimum Gasteiger partial charge on any atom is -0.490 e. The van der Waals surface area contributed by atoms with Crippen molar-refractivity contribution in [1.82, 2.24) is 9.55 Å². The van der Waals surface area contributed by atoms with Crippen LogP contribution in [0.1, 0.15) is 5.69 Å². The zero-order valence-corrected chi connectivity index (χ0v) is 11.9. The summed E-state index contributed by atoms with van der Waals surface area (Å²) < 4.78 is 26.8. The van der Waals surface area contributed by atoms with E-state index in [-0.39, 0.29) is 11.9 Å². The SMILES string of the molecule is Cc1c(Br)nc2n1CC(COc1ccc(F)cc1)O2. The van der Waals surface area contributed by atoms with Crippen LogP contribution in [0.3, 0.4) is 0 Å². The molecule has 0 saturated carbocycles. The van der Waals surface area contributed by atoms with Gasteiger partial charge in [-0.25, -0.2) is 4.39 Å². The Morgan fingerprint density at radius 1 is 1.47 bits per heavy atom. The van der Waals surface area contributed by atoms with Crippen LogP contribution in [0.25, 0.3) is 0 Å². The molecule has 1 aliphatic heterocycles. The van der Waals surface area contributed by atoms with Gasteiger partial charge in [-0.1, -0.05) is 0 Å². The minimum atomic E-state index is -0.273. The minimum absolute atomic E-state index is 0.0700. The van der Waals surface area contributed by atoms with E-state index in [4.69, 9.17) is 9.47 Å². The molecule has 19 heavy (non-hydrogen) atoms. The first-order valence-electron chi connectivity index (χ1n) is 5.91. The maximum Gasteiger partial charge on any atom is 0.298 e. The molecular weight excluding hydrogens is 315 g/mol. The third kappa shape index (κ3) is 2.45. The van der Waals surface area contributed by atoms with Crippen LogP contribution in [0.15, 0.2) is 28.9 Å². The first-order valence-corrected chi connectivity index (χ1v) is 6.70. The van der Waals surface area contributed by atoms with Crippen LogP contribution in [0.4, 0.5) is 4.39 Å². The standard InChI is InChI=1S/C13H12BrFN2O2/c1-8-12(14)16-13-17(8)6-11(19-13)7-18-10-4-2-9(15)3-5-10/h2-5,11H,6-7H2,1H3. The van der Waals surface area contributed by atoms with E-state index >= 15 is 0 Å². The highest BCUT2D eigenvalue weighted by Gasteiger charge is 2.27. The summed E-state index contributed by atoms with van der Waals surface area (Å²) >= 11 is 3.37. The molecule has 0 aliphatic carbocycles. The molecule has 0 spiro atoms. The number of hydrogen-bond acceptors (Lipinski definition) is 3. The fourth-order valence-electron chi connectivity index (χ4n) is 1.98. The third-order valence-electron chi connectivity index (χ3n) is 3.04. The quantitative estimate of drug-likeness (QED) is 0.870. The van der Waals surface area contributed by atoms with E-state index in [9.17, 15) is 4.39 Å². The van der Waals surface area contributed by atoms with Crippen molar-refractivity contribution in [1.29, 1.82) is 0 Å². The van der Waals surface area contributed by atoms with Crippen LogP contribution < -0.4 is 9.47 Å². The molecule has 1 atom stereocenters. The molecule has 4 nitrogen and oxygen atoms in total. The summed E-state index contributed by atoms with van der Waals surface area (Å²) in [5, 5.41) is 0. The number of fused-ring (bicyclic) bond motifs is 1. The number of benzene rings is 1. The second kappa shape index (κ2) is 4.85. The molecule has 0 N–H and O–H groups in total. The number of ether oxygens (including phenoxy) is 2. The van der Waals surface area contributed by atoms with E-state index in [1.54, 1.807) is 12.1 Å². The van der Waals surface area contributed by atoms with Crippen molar-refractivity contribution < 1.29 is 13.9 Å². The van der Waals surface area contributed by atoms with Crippen molar-refractivity contribution in [3.05, 3.63) is 40.4 Å². The normalized spacial score (nSPS) is 17.1. The van der Waals surface area contributed by atoms with Crippen molar-refractivity contribution in [3.8, 4) is 11.8 Å². The lowest BCUT2D eigenvalue weighted by atomic mass is 10.3. The largest absolute Gasteiger partial charge is 0.490 e. The van der Waals surface area contributed by atoms with Gasteiger partial charge in [-0.2, -0.15) is 4.98 Å².